The molecule has 2 heterocycles. The second-order valence-corrected chi connectivity index (χ2v) is 8.40. The van der Waals surface area contributed by atoms with Gasteiger partial charge in [-0.15, -0.1) is 0 Å². The fourth-order valence-corrected chi connectivity index (χ4v) is 3.56. The SMILES string of the molecule is CC(C)(C)OC(=O)N1CCC(c2ccc3[nH]c(=O)oc3c2)CC1(C)C. The molecule has 25 heavy (non-hydrogen) atoms. The van der Waals surface area contributed by atoms with E-state index in [4.69, 9.17) is 9.15 Å². The molecular weight excluding hydrogens is 320 g/mol. The van der Waals surface area contributed by atoms with E-state index in [9.17, 15) is 9.59 Å². The van der Waals surface area contributed by atoms with Gasteiger partial charge < -0.3 is 14.1 Å². The molecule has 1 aromatic heterocycles. The van der Waals surface area contributed by atoms with Gasteiger partial charge in [0.25, 0.3) is 0 Å². The molecule has 1 N–H and O–H groups in total. The first-order chi connectivity index (χ1) is 11.5. The lowest BCUT2D eigenvalue weighted by Gasteiger charge is -2.45. The molecule has 136 valence electrons. The third kappa shape index (κ3) is 3.72. The molecule has 6 heteroatoms. The highest BCUT2D eigenvalue weighted by Crippen LogP contribution is 2.38. The van der Waals surface area contributed by atoms with E-state index in [-0.39, 0.29) is 11.6 Å². The Labute approximate surface area is 147 Å². The zero-order valence-corrected chi connectivity index (χ0v) is 15.5. The number of carbonyl (C=O) groups is 1. The second-order valence-electron chi connectivity index (χ2n) is 8.40. The molecule has 1 aliphatic heterocycles. The van der Waals surface area contributed by atoms with Gasteiger partial charge in [-0.3, -0.25) is 4.98 Å². The van der Waals surface area contributed by atoms with E-state index in [1.165, 1.54) is 0 Å². The van der Waals surface area contributed by atoms with Gasteiger partial charge in [0.05, 0.1) is 5.52 Å². The standard InChI is InChI=1S/C19H26N2O4/c1-18(2,3)25-17(23)21-9-8-13(11-19(21,4)5)12-6-7-14-15(10-12)24-16(22)20-14/h6-7,10,13H,8-9,11H2,1-5H3,(H,20,22). The summed E-state index contributed by atoms with van der Waals surface area (Å²) in [5.41, 5.74) is 1.61. The second kappa shape index (κ2) is 5.93. The molecule has 0 aliphatic carbocycles. The lowest BCUT2D eigenvalue weighted by Crippen LogP contribution is -2.53. The summed E-state index contributed by atoms with van der Waals surface area (Å²) in [6, 6.07) is 5.83. The van der Waals surface area contributed by atoms with Crippen LogP contribution in [0.3, 0.4) is 0 Å². The molecule has 2 aromatic rings. The Morgan fingerprint density at radius 2 is 2.08 bits per heavy atom. The van der Waals surface area contributed by atoms with Crippen LogP contribution in [0.15, 0.2) is 27.4 Å². The Morgan fingerprint density at radius 1 is 1.36 bits per heavy atom. The van der Waals surface area contributed by atoms with Crippen LogP contribution in [0, 0.1) is 0 Å². The number of piperidine rings is 1. The summed E-state index contributed by atoms with van der Waals surface area (Å²) in [6.45, 7) is 10.4. The minimum Gasteiger partial charge on any atom is -0.444 e. The average Bonchev–Trinajstić information content (AvgIpc) is 2.83. The van der Waals surface area contributed by atoms with Crippen LogP contribution >= 0.6 is 0 Å². The zero-order chi connectivity index (χ0) is 18.4. The number of H-pyrrole nitrogens is 1. The third-order valence-corrected chi connectivity index (χ3v) is 4.71. The fraction of sp³-hybridized carbons (Fsp3) is 0.579. The molecule has 1 fully saturated rings. The number of hydrogen-bond acceptors (Lipinski definition) is 4. The molecule has 1 unspecified atom stereocenters. The lowest BCUT2D eigenvalue weighted by molar-refractivity contribution is -0.00932. The molecule has 1 amide bonds. The quantitative estimate of drug-likeness (QED) is 0.846. The number of ether oxygens (including phenoxy) is 1. The lowest BCUT2D eigenvalue weighted by atomic mass is 9.79. The Hall–Kier alpha value is -2.24. The Balaban J connectivity index is 1.78. The van der Waals surface area contributed by atoms with E-state index < -0.39 is 11.4 Å². The first-order valence-electron chi connectivity index (χ1n) is 8.68. The summed E-state index contributed by atoms with van der Waals surface area (Å²) < 4.78 is 10.7. The van der Waals surface area contributed by atoms with E-state index >= 15 is 0 Å². The number of hydrogen-bond donors (Lipinski definition) is 1. The summed E-state index contributed by atoms with van der Waals surface area (Å²) in [7, 11) is 0. The van der Waals surface area contributed by atoms with Crippen LogP contribution in [0.2, 0.25) is 0 Å². The summed E-state index contributed by atoms with van der Waals surface area (Å²) in [5.74, 6) is -0.134. The number of amides is 1. The first kappa shape index (κ1) is 17.6. The number of oxazole rings is 1. The van der Waals surface area contributed by atoms with Gasteiger partial charge in [-0.05, 0) is 71.1 Å². The van der Waals surface area contributed by atoms with Gasteiger partial charge in [-0.1, -0.05) is 6.07 Å². The van der Waals surface area contributed by atoms with Crippen LogP contribution in [-0.2, 0) is 4.74 Å². The number of fused-ring (bicyclic) bond motifs is 1. The molecule has 1 atom stereocenters. The van der Waals surface area contributed by atoms with Gasteiger partial charge in [0.2, 0.25) is 0 Å². The minimum absolute atomic E-state index is 0.261. The number of likely N-dealkylation sites (tertiary alicyclic amines) is 1. The summed E-state index contributed by atoms with van der Waals surface area (Å²) in [4.78, 5) is 28.3. The van der Waals surface area contributed by atoms with E-state index in [0.29, 0.717) is 23.6 Å². The third-order valence-electron chi connectivity index (χ3n) is 4.71. The van der Waals surface area contributed by atoms with Gasteiger partial charge >= 0.3 is 11.8 Å². The molecular formula is C19H26N2O4. The van der Waals surface area contributed by atoms with Crippen molar-refractivity contribution in [3.05, 3.63) is 34.3 Å². The summed E-state index contributed by atoms with van der Waals surface area (Å²) in [6.07, 6.45) is 1.41. The number of carbonyl (C=O) groups excluding carboxylic acids is 1. The largest absolute Gasteiger partial charge is 0.444 e. The molecule has 0 radical (unpaired) electrons. The van der Waals surface area contributed by atoms with Crippen molar-refractivity contribution in [2.45, 2.75) is 64.5 Å². The van der Waals surface area contributed by atoms with Crippen LogP contribution < -0.4 is 5.76 Å². The van der Waals surface area contributed by atoms with Gasteiger partial charge in [0.15, 0.2) is 5.58 Å². The Morgan fingerprint density at radius 3 is 2.72 bits per heavy atom. The molecule has 0 bridgehead atoms. The number of aromatic nitrogens is 1. The first-order valence-corrected chi connectivity index (χ1v) is 8.68. The van der Waals surface area contributed by atoms with Crippen LogP contribution in [0.5, 0.6) is 0 Å². The number of rotatable bonds is 1. The fourth-order valence-electron chi connectivity index (χ4n) is 3.56. The van der Waals surface area contributed by atoms with Gasteiger partial charge in [0, 0.05) is 12.1 Å². The van der Waals surface area contributed by atoms with Crippen molar-refractivity contribution >= 4 is 17.2 Å². The van der Waals surface area contributed by atoms with Gasteiger partial charge in [-0.25, -0.2) is 9.59 Å². The van der Waals surface area contributed by atoms with Crippen molar-refractivity contribution < 1.29 is 13.9 Å². The Kier molecular flexibility index (Phi) is 4.17. The summed E-state index contributed by atoms with van der Waals surface area (Å²) in [5, 5.41) is 0. The van der Waals surface area contributed by atoms with Crippen LogP contribution in [0.25, 0.3) is 11.1 Å². The van der Waals surface area contributed by atoms with Crippen molar-refractivity contribution in [3.63, 3.8) is 0 Å². The molecule has 0 spiro atoms. The van der Waals surface area contributed by atoms with Crippen LogP contribution in [0.4, 0.5) is 4.79 Å². The molecule has 0 saturated carbocycles. The highest BCUT2D eigenvalue weighted by Gasteiger charge is 2.40. The molecule has 1 saturated heterocycles. The molecule has 1 aliphatic rings. The van der Waals surface area contributed by atoms with E-state index in [2.05, 4.69) is 18.8 Å². The summed E-state index contributed by atoms with van der Waals surface area (Å²) >= 11 is 0. The maximum atomic E-state index is 12.5. The number of nitrogens with zero attached hydrogens (tertiary/aromatic N) is 1. The average molecular weight is 346 g/mol. The highest BCUT2D eigenvalue weighted by molar-refractivity contribution is 5.73. The van der Waals surface area contributed by atoms with Crippen LogP contribution in [0.1, 0.15) is 58.9 Å². The van der Waals surface area contributed by atoms with Gasteiger partial charge in [-0.2, -0.15) is 0 Å². The molecule has 6 nitrogen and oxygen atoms in total. The number of nitrogens with one attached hydrogen (secondary N) is 1. The van der Waals surface area contributed by atoms with Crippen molar-refractivity contribution in [3.8, 4) is 0 Å². The minimum atomic E-state index is -0.499. The smallest absolute Gasteiger partial charge is 0.417 e. The highest BCUT2D eigenvalue weighted by atomic mass is 16.6. The van der Waals surface area contributed by atoms with Crippen molar-refractivity contribution in [1.82, 2.24) is 9.88 Å². The molecule has 1 aromatic carbocycles. The van der Waals surface area contributed by atoms with Gasteiger partial charge in [0.1, 0.15) is 5.60 Å². The molecule has 3 rings (SSSR count). The zero-order valence-electron chi connectivity index (χ0n) is 15.5. The normalized spacial score (nSPS) is 20.7. The number of aromatic amines is 1. The predicted molar refractivity (Wildman–Crippen MR) is 95.8 cm³/mol. The van der Waals surface area contributed by atoms with E-state index in [1.807, 2.05) is 43.9 Å². The van der Waals surface area contributed by atoms with Crippen LogP contribution in [-0.4, -0.2) is 33.7 Å². The van der Waals surface area contributed by atoms with E-state index in [1.54, 1.807) is 0 Å². The topological polar surface area (TPSA) is 75.5 Å². The Bertz CT molecular complexity index is 841. The number of benzene rings is 1. The maximum absolute atomic E-state index is 12.5. The van der Waals surface area contributed by atoms with Crippen molar-refractivity contribution in [1.29, 1.82) is 0 Å². The maximum Gasteiger partial charge on any atom is 0.417 e. The van der Waals surface area contributed by atoms with Crippen molar-refractivity contribution in [2.24, 2.45) is 0 Å². The van der Waals surface area contributed by atoms with Crippen molar-refractivity contribution in [2.75, 3.05) is 6.54 Å². The monoisotopic (exact) mass is 346 g/mol. The predicted octanol–water partition coefficient (Wildman–Crippen LogP) is 4.01. The van der Waals surface area contributed by atoms with E-state index in [0.717, 1.165) is 18.4 Å².